The molecule has 2 fully saturated rings. The fourth-order valence-corrected chi connectivity index (χ4v) is 3.19. The monoisotopic (exact) mass is 325 g/mol. The maximum Gasteiger partial charge on any atom is 0.319 e. The molecule has 2 saturated heterocycles. The third-order valence-corrected chi connectivity index (χ3v) is 4.24. The van der Waals surface area contributed by atoms with Gasteiger partial charge in [0.25, 0.3) is 0 Å². The standard InChI is InChI=1S/C15H27N5O3/c1-11(2)17-13(22)19-5-6-20(14(23)18(3)4)10-15(9-19)7-12(21)16-8-15/h11H,5-10H2,1-4H3,(H,16,21)(H,17,22)/t15-/m1/s1. The average Bonchev–Trinajstić information content (AvgIpc) is 2.69. The molecule has 0 aromatic rings. The van der Waals surface area contributed by atoms with E-state index in [9.17, 15) is 14.4 Å². The van der Waals surface area contributed by atoms with Gasteiger partial charge < -0.3 is 25.3 Å². The van der Waals surface area contributed by atoms with Gasteiger partial charge in [-0.25, -0.2) is 9.59 Å². The predicted molar refractivity (Wildman–Crippen MR) is 86.0 cm³/mol. The minimum Gasteiger partial charge on any atom is -0.355 e. The molecule has 130 valence electrons. The first-order valence-corrected chi connectivity index (χ1v) is 8.01. The van der Waals surface area contributed by atoms with Gasteiger partial charge in [0.2, 0.25) is 5.91 Å². The summed E-state index contributed by atoms with van der Waals surface area (Å²) >= 11 is 0. The van der Waals surface area contributed by atoms with Crippen molar-refractivity contribution < 1.29 is 14.4 Å². The molecule has 0 radical (unpaired) electrons. The second-order valence-corrected chi connectivity index (χ2v) is 7.08. The van der Waals surface area contributed by atoms with Crippen molar-refractivity contribution in [1.29, 1.82) is 0 Å². The van der Waals surface area contributed by atoms with Crippen LogP contribution in [0, 0.1) is 5.41 Å². The SMILES string of the molecule is CC(C)NC(=O)N1CCN(C(=O)N(C)C)C[C@]2(CNC(=O)C2)C1. The molecular formula is C15H27N5O3. The van der Waals surface area contributed by atoms with E-state index in [1.54, 1.807) is 23.9 Å². The van der Waals surface area contributed by atoms with Crippen LogP contribution in [0.1, 0.15) is 20.3 Å². The highest BCUT2D eigenvalue weighted by Crippen LogP contribution is 2.31. The Labute approximate surface area is 137 Å². The second-order valence-electron chi connectivity index (χ2n) is 7.08. The van der Waals surface area contributed by atoms with Crippen molar-refractivity contribution in [2.45, 2.75) is 26.3 Å². The second kappa shape index (κ2) is 6.64. The highest BCUT2D eigenvalue weighted by molar-refractivity contribution is 5.80. The summed E-state index contributed by atoms with van der Waals surface area (Å²) in [6.07, 6.45) is 0.343. The van der Waals surface area contributed by atoms with Crippen LogP contribution in [-0.2, 0) is 4.79 Å². The zero-order valence-corrected chi connectivity index (χ0v) is 14.4. The fraction of sp³-hybridized carbons (Fsp3) is 0.800. The van der Waals surface area contributed by atoms with Crippen molar-refractivity contribution in [3.05, 3.63) is 0 Å². The maximum absolute atomic E-state index is 12.4. The van der Waals surface area contributed by atoms with Gasteiger partial charge in [-0.05, 0) is 13.8 Å². The Bertz CT molecular complexity index is 494. The molecule has 0 unspecified atom stereocenters. The third kappa shape index (κ3) is 4.05. The van der Waals surface area contributed by atoms with Crippen molar-refractivity contribution in [1.82, 2.24) is 25.3 Å². The Morgan fingerprint density at radius 1 is 1.22 bits per heavy atom. The van der Waals surface area contributed by atoms with Crippen molar-refractivity contribution in [2.24, 2.45) is 5.41 Å². The molecule has 5 amide bonds. The normalized spacial score (nSPS) is 24.7. The molecule has 2 heterocycles. The largest absolute Gasteiger partial charge is 0.355 e. The van der Waals surface area contributed by atoms with Gasteiger partial charge in [0.1, 0.15) is 0 Å². The van der Waals surface area contributed by atoms with E-state index in [0.29, 0.717) is 39.1 Å². The molecule has 23 heavy (non-hydrogen) atoms. The number of nitrogens with zero attached hydrogens (tertiary/aromatic N) is 3. The van der Waals surface area contributed by atoms with Crippen LogP contribution in [-0.4, -0.2) is 85.5 Å². The maximum atomic E-state index is 12.4. The zero-order chi connectivity index (χ0) is 17.2. The highest BCUT2D eigenvalue weighted by atomic mass is 16.2. The molecule has 2 N–H and O–H groups in total. The minimum atomic E-state index is -0.409. The number of hydrogen-bond acceptors (Lipinski definition) is 3. The molecule has 0 saturated carbocycles. The van der Waals surface area contributed by atoms with Crippen molar-refractivity contribution in [2.75, 3.05) is 46.8 Å². The number of carbonyl (C=O) groups is 3. The summed E-state index contributed by atoms with van der Waals surface area (Å²) in [7, 11) is 3.42. The first-order chi connectivity index (χ1) is 10.7. The van der Waals surface area contributed by atoms with Gasteiger partial charge in [0, 0.05) is 64.7 Å². The van der Waals surface area contributed by atoms with Gasteiger partial charge in [-0.1, -0.05) is 0 Å². The van der Waals surface area contributed by atoms with Gasteiger partial charge in [-0.3, -0.25) is 4.79 Å². The average molecular weight is 325 g/mol. The summed E-state index contributed by atoms with van der Waals surface area (Å²) in [6, 6.07) is -0.183. The van der Waals surface area contributed by atoms with Gasteiger partial charge >= 0.3 is 12.1 Å². The molecule has 0 aromatic heterocycles. The number of carbonyl (C=O) groups excluding carboxylic acids is 3. The van der Waals surface area contributed by atoms with Crippen LogP contribution in [0.5, 0.6) is 0 Å². The van der Waals surface area contributed by atoms with Crippen LogP contribution in [0.4, 0.5) is 9.59 Å². The van der Waals surface area contributed by atoms with Crippen molar-refractivity contribution in [3.63, 3.8) is 0 Å². The van der Waals surface area contributed by atoms with Crippen LogP contribution < -0.4 is 10.6 Å². The van der Waals surface area contributed by atoms with E-state index in [0.717, 1.165) is 0 Å². The molecular weight excluding hydrogens is 298 g/mol. The molecule has 2 aliphatic rings. The first-order valence-electron chi connectivity index (χ1n) is 8.01. The topological polar surface area (TPSA) is 85.0 Å². The Balaban J connectivity index is 2.19. The van der Waals surface area contributed by atoms with Crippen LogP contribution >= 0.6 is 0 Å². The molecule has 2 rings (SSSR count). The van der Waals surface area contributed by atoms with E-state index in [1.807, 2.05) is 13.8 Å². The van der Waals surface area contributed by atoms with Gasteiger partial charge in [0.05, 0.1) is 0 Å². The van der Waals surface area contributed by atoms with E-state index in [-0.39, 0.29) is 24.0 Å². The molecule has 1 spiro atoms. The number of rotatable bonds is 1. The lowest BCUT2D eigenvalue weighted by Crippen LogP contribution is -2.49. The Morgan fingerprint density at radius 3 is 2.35 bits per heavy atom. The predicted octanol–water partition coefficient (Wildman–Crippen LogP) is -0.0901. The van der Waals surface area contributed by atoms with E-state index in [1.165, 1.54) is 4.90 Å². The molecule has 0 aromatic carbocycles. The van der Waals surface area contributed by atoms with E-state index < -0.39 is 5.41 Å². The lowest BCUT2D eigenvalue weighted by atomic mass is 9.86. The number of urea groups is 2. The Kier molecular flexibility index (Phi) is 5.01. The van der Waals surface area contributed by atoms with Gasteiger partial charge in [-0.15, -0.1) is 0 Å². The van der Waals surface area contributed by atoms with Crippen LogP contribution in [0.25, 0.3) is 0 Å². The summed E-state index contributed by atoms with van der Waals surface area (Å²) in [5, 5.41) is 5.74. The summed E-state index contributed by atoms with van der Waals surface area (Å²) < 4.78 is 0. The minimum absolute atomic E-state index is 0.0200. The fourth-order valence-electron chi connectivity index (χ4n) is 3.19. The van der Waals surface area contributed by atoms with Gasteiger partial charge in [-0.2, -0.15) is 0 Å². The smallest absolute Gasteiger partial charge is 0.319 e. The highest BCUT2D eigenvalue weighted by Gasteiger charge is 2.45. The summed E-state index contributed by atoms with van der Waals surface area (Å²) in [6.45, 7) is 6.21. The van der Waals surface area contributed by atoms with E-state index in [2.05, 4.69) is 10.6 Å². The lowest BCUT2D eigenvalue weighted by molar-refractivity contribution is -0.119. The molecule has 8 nitrogen and oxygen atoms in total. The van der Waals surface area contributed by atoms with Crippen LogP contribution in [0.15, 0.2) is 0 Å². The van der Waals surface area contributed by atoms with Crippen LogP contribution in [0.2, 0.25) is 0 Å². The van der Waals surface area contributed by atoms with E-state index >= 15 is 0 Å². The molecule has 0 bridgehead atoms. The van der Waals surface area contributed by atoms with Crippen LogP contribution in [0.3, 0.4) is 0 Å². The van der Waals surface area contributed by atoms with Crippen molar-refractivity contribution in [3.8, 4) is 0 Å². The molecule has 0 aliphatic carbocycles. The number of hydrogen-bond donors (Lipinski definition) is 2. The number of amides is 5. The van der Waals surface area contributed by atoms with Crippen molar-refractivity contribution >= 4 is 18.0 Å². The molecule has 8 heteroatoms. The van der Waals surface area contributed by atoms with Gasteiger partial charge in [0.15, 0.2) is 0 Å². The third-order valence-electron chi connectivity index (χ3n) is 4.24. The molecule has 2 aliphatic heterocycles. The zero-order valence-electron chi connectivity index (χ0n) is 14.4. The summed E-state index contributed by atoms with van der Waals surface area (Å²) in [5.74, 6) is -0.0200. The number of nitrogens with one attached hydrogen (secondary N) is 2. The lowest BCUT2D eigenvalue weighted by Gasteiger charge is -2.33. The van der Waals surface area contributed by atoms with E-state index in [4.69, 9.17) is 0 Å². The Morgan fingerprint density at radius 2 is 1.83 bits per heavy atom. The quantitative estimate of drug-likeness (QED) is 0.706. The first kappa shape index (κ1) is 17.4. The Hall–Kier alpha value is -1.99. The summed E-state index contributed by atoms with van der Waals surface area (Å²) in [4.78, 5) is 41.5. The molecule has 1 atom stereocenters. The summed E-state index contributed by atoms with van der Waals surface area (Å²) in [5.41, 5.74) is -0.409.